The fourth-order valence-electron chi connectivity index (χ4n) is 0.734. The zero-order valence-corrected chi connectivity index (χ0v) is 16.5. The van der Waals surface area contributed by atoms with Gasteiger partial charge >= 0.3 is 112 Å². The Kier molecular flexibility index (Phi) is 19.6. The molecule has 0 unspecified atom stereocenters. The van der Waals surface area contributed by atoms with Crippen molar-refractivity contribution in [3.8, 4) is 0 Å². The zero-order chi connectivity index (χ0) is 12.8. The normalized spacial score (nSPS) is 9.38. The first kappa shape index (κ1) is 19.5. The van der Waals surface area contributed by atoms with Gasteiger partial charge in [0.1, 0.15) is 0 Å². The number of hydrogen-bond acceptors (Lipinski definition) is 4. The Balaban J connectivity index is 0. The van der Waals surface area contributed by atoms with Crippen molar-refractivity contribution in [1.29, 1.82) is 0 Å². The van der Waals surface area contributed by atoms with E-state index in [1.807, 2.05) is 0 Å². The summed E-state index contributed by atoms with van der Waals surface area (Å²) in [5.41, 5.74) is 8.79. The molecule has 0 aromatic rings. The van der Waals surface area contributed by atoms with Gasteiger partial charge in [0.15, 0.2) is 0 Å². The van der Waals surface area contributed by atoms with Gasteiger partial charge < -0.3 is 0 Å². The standard InChI is InChI=1S/2C3H7O2.4CH3.2Ga/c2*1-5-3-2-4;;;;;;/h2*2-3H2,1H3;4*1H3;;/q2*-1;;;;;2*+1. The first-order chi connectivity index (χ1) is 7.54. The van der Waals surface area contributed by atoms with Gasteiger partial charge in [-0.2, -0.15) is 0 Å². The molecule has 0 aliphatic heterocycles. The van der Waals surface area contributed by atoms with Crippen molar-refractivity contribution >= 4 is 33.2 Å². The maximum atomic E-state index is 5.34. The van der Waals surface area contributed by atoms with Gasteiger partial charge in [0, 0.05) is 0 Å². The van der Waals surface area contributed by atoms with Crippen LogP contribution in [0.3, 0.4) is 0 Å². The van der Waals surface area contributed by atoms with E-state index < -0.39 is 33.2 Å². The molecule has 0 fully saturated rings. The molecule has 0 atom stereocenters. The average molecular weight is 350 g/mol. The third-order valence-electron chi connectivity index (χ3n) is 1.48. The molecule has 0 aromatic carbocycles. The monoisotopic (exact) mass is 348 g/mol. The predicted octanol–water partition coefficient (Wildman–Crippen LogP) is 1.80. The van der Waals surface area contributed by atoms with Crippen LogP contribution >= 0.6 is 0 Å². The number of hydrogen-bond donors (Lipinski definition) is 0. The van der Waals surface area contributed by atoms with Gasteiger partial charge in [-0.05, 0) is 0 Å². The molecule has 0 aliphatic rings. The molecule has 0 rings (SSSR count). The summed E-state index contributed by atoms with van der Waals surface area (Å²) in [6, 6.07) is 0. The van der Waals surface area contributed by atoms with Gasteiger partial charge in [-0.25, -0.2) is 0 Å². The van der Waals surface area contributed by atoms with Gasteiger partial charge in [-0.15, -0.1) is 0 Å². The van der Waals surface area contributed by atoms with Crippen LogP contribution in [0, 0.1) is 0 Å². The maximum absolute atomic E-state index is 5.34. The molecule has 0 saturated carbocycles. The second-order valence-corrected chi connectivity index (χ2v) is 14.0. The molecule has 0 N–H and O–H groups in total. The van der Waals surface area contributed by atoms with Crippen LogP contribution in [-0.4, -0.2) is 73.8 Å². The third kappa shape index (κ3) is 24.4. The molecule has 0 radical (unpaired) electrons. The molecule has 0 bridgehead atoms. The Bertz CT molecular complexity index is 109. The van der Waals surface area contributed by atoms with Crippen LogP contribution < -0.4 is 0 Å². The molecule has 6 heteroatoms. The van der Waals surface area contributed by atoms with Gasteiger partial charge in [0.05, 0.1) is 0 Å². The van der Waals surface area contributed by atoms with Crippen molar-refractivity contribution in [2.45, 2.75) is 21.9 Å². The van der Waals surface area contributed by atoms with E-state index >= 15 is 0 Å². The summed E-state index contributed by atoms with van der Waals surface area (Å²) < 4.78 is 20.3. The van der Waals surface area contributed by atoms with Crippen LogP contribution in [0.15, 0.2) is 0 Å². The molecule has 0 spiro atoms. The van der Waals surface area contributed by atoms with Gasteiger partial charge in [0.2, 0.25) is 0 Å². The second-order valence-electron chi connectivity index (χ2n) is 3.82. The van der Waals surface area contributed by atoms with E-state index in [-0.39, 0.29) is 0 Å². The molecule has 0 aliphatic carbocycles. The van der Waals surface area contributed by atoms with Crippen LogP contribution in [0.4, 0.5) is 0 Å². The van der Waals surface area contributed by atoms with E-state index in [4.69, 9.17) is 16.5 Å². The van der Waals surface area contributed by atoms with Gasteiger partial charge in [0.25, 0.3) is 0 Å². The summed E-state index contributed by atoms with van der Waals surface area (Å²) in [7, 11) is 3.38. The van der Waals surface area contributed by atoms with Crippen molar-refractivity contribution < 1.29 is 16.5 Å². The van der Waals surface area contributed by atoms with Gasteiger partial charge in [-0.1, -0.05) is 0 Å². The number of ether oxygens (including phenoxy) is 2. The molecule has 16 heavy (non-hydrogen) atoms. The predicted molar refractivity (Wildman–Crippen MR) is 70.6 cm³/mol. The topological polar surface area (TPSA) is 36.9 Å². The summed E-state index contributed by atoms with van der Waals surface area (Å²) >= 11 is -2.34. The number of methoxy groups -OCH3 is 2. The van der Waals surface area contributed by atoms with E-state index in [2.05, 4.69) is 21.9 Å². The average Bonchev–Trinajstić information content (AvgIpc) is 2.18. The Labute approximate surface area is 112 Å². The molecule has 4 nitrogen and oxygen atoms in total. The molecule has 0 aromatic heterocycles. The second kappa shape index (κ2) is 16.1. The van der Waals surface area contributed by atoms with E-state index in [9.17, 15) is 0 Å². The minimum absolute atomic E-state index is 0.740. The summed E-state index contributed by atoms with van der Waals surface area (Å²) in [5, 5.41) is 0. The van der Waals surface area contributed by atoms with Crippen molar-refractivity contribution in [3.63, 3.8) is 0 Å². The van der Waals surface area contributed by atoms with Crippen molar-refractivity contribution in [2.75, 3.05) is 40.6 Å². The van der Waals surface area contributed by atoms with E-state index in [0.717, 1.165) is 26.4 Å². The van der Waals surface area contributed by atoms with Crippen LogP contribution in [0.2, 0.25) is 21.9 Å². The summed E-state index contributed by atoms with van der Waals surface area (Å²) in [5.74, 6) is 0. The minimum atomic E-state index is -1.17. The van der Waals surface area contributed by atoms with Gasteiger partial charge in [-0.3, -0.25) is 0 Å². The molecule has 96 valence electrons. The number of rotatable bonds is 8. The quantitative estimate of drug-likeness (QED) is 0.494. The SMILES string of the molecule is COCC[O][Ga]([CH3])[CH3].COCC[O][Ga]([CH3])[CH3]. The third-order valence-corrected chi connectivity index (χ3v) is 5.26. The Morgan fingerprint density at radius 1 is 0.625 bits per heavy atom. The van der Waals surface area contributed by atoms with Crippen molar-refractivity contribution in [3.05, 3.63) is 0 Å². The fraction of sp³-hybridized carbons (Fsp3) is 1.00. The Hall–Kier alpha value is 1.11. The molecular formula is C10H26Ga2O4. The molecule has 0 saturated heterocycles. The van der Waals surface area contributed by atoms with Crippen LogP contribution in [-0.2, 0) is 16.5 Å². The first-order valence-electron chi connectivity index (χ1n) is 5.75. The Morgan fingerprint density at radius 3 is 1.12 bits per heavy atom. The van der Waals surface area contributed by atoms with Crippen molar-refractivity contribution in [1.82, 2.24) is 0 Å². The Morgan fingerprint density at radius 2 is 0.938 bits per heavy atom. The van der Waals surface area contributed by atoms with E-state index in [1.54, 1.807) is 14.2 Å². The summed E-state index contributed by atoms with van der Waals surface area (Å²) in [6.07, 6.45) is 0. The zero-order valence-electron chi connectivity index (χ0n) is 11.6. The summed E-state index contributed by atoms with van der Waals surface area (Å²) in [6.45, 7) is 3.05. The van der Waals surface area contributed by atoms with Crippen LogP contribution in [0.1, 0.15) is 0 Å². The van der Waals surface area contributed by atoms with Crippen LogP contribution in [0.5, 0.6) is 0 Å². The van der Waals surface area contributed by atoms with E-state index in [0.29, 0.717) is 0 Å². The summed E-state index contributed by atoms with van der Waals surface area (Å²) in [4.78, 5) is 0. The van der Waals surface area contributed by atoms with Crippen molar-refractivity contribution in [2.24, 2.45) is 0 Å². The fourth-order valence-corrected chi connectivity index (χ4v) is 3.12. The van der Waals surface area contributed by atoms with Crippen LogP contribution in [0.25, 0.3) is 0 Å². The molecular weight excluding hydrogens is 324 g/mol. The first-order valence-corrected chi connectivity index (χ1v) is 17.4. The van der Waals surface area contributed by atoms with E-state index in [1.165, 1.54) is 0 Å². The molecule has 0 heterocycles. The molecule has 0 amide bonds.